The maximum absolute atomic E-state index is 3.58. The Labute approximate surface area is 101 Å². The van der Waals surface area contributed by atoms with E-state index in [1.54, 1.807) is 11.1 Å². The van der Waals surface area contributed by atoms with Crippen molar-refractivity contribution in [3.63, 3.8) is 0 Å². The molecule has 76 valence electrons. The number of hydrogen-bond donors (Lipinski definition) is 0. The second-order valence-corrected chi connectivity index (χ2v) is 4.43. The van der Waals surface area contributed by atoms with Gasteiger partial charge in [-0.1, -0.05) is 29.2 Å². The summed E-state index contributed by atoms with van der Waals surface area (Å²) in [5.41, 5.74) is 7.60. The van der Waals surface area contributed by atoms with Crippen molar-refractivity contribution in [1.29, 1.82) is 0 Å². The minimum Gasteiger partial charge on any atom is -0.485 e. The van der Waals surface area contributed by atoms with Crippen LogP contribution in [0.15, 0.2) is 27.9 Å². The van der Waals surface area contributed by atoms with Crippen molar-refractivity contribution in [2.24, 2.45) is 11.8 Å². The molecule has 3 aliphatic carbocycles. The molecule has 1 heteroatoms. The van der Waals surface area contributed by atoms with Crippen molar-refractivity contribution in [1.82, 2.24) is 0 Å². The molecule has 0 unspecified atom stereocenters. The zero-order chi connectivity index (χ0) is 9.75. The summed E-state index contributed by atoms with van der Waals surface area (Å²) < 4.78 is 0. The maximum Gasteiger partial charge on any atom is 0 e. The summed E-state index contributed by atoms with van der Waals surface area (Å²) in [6.07, 6.45) is 3.58. The molecule has 0 radical (unpaired) electrons. The van der Waals surface area contributed by atoms with Crippen molar-refractivity contribution in [2.75, 3.05) is 0 Å². The van der Waals surface area contributed by atoms with Gasteiger partial charge in [0.15, 0.2) is 0 Å². The maximum atomic E-state index is 3.58. The fraction of sp³-hybridized carbons (Fsp3) is 0.538. The molecule has 0 nitrogen and oxygen atoms in total. The number of allylic oxidation sites excluding steroid dienone is 6. The van der Waals surface area contributed by atoms with Crippen LogP contribution in [0.5, 0.6) is 0 Å². The van der Waals surface area contributed by atoms with Gasteiger partial charge in [-0.3, -0.25) is 0 Å². The fourth-order valence-corrected chi connectivity index (χ4v) is 2.74. The van der Waals surface area contributed by atoms with Crippen LogP contribution in [-0.4, -0.2) is 0 Å². The zero-order valence-corrected chi connectivity index (χ0v) is 12.5. The van der Waals surface area contributed by atoms with Crippen molar-refractivity contribution >= 4 is 0 Å². The third kappa shape index (κ3) is 1.39. The molecule has 2 bridgehead atoms. The van der Waals surface area contributed by atoms with E-state index >= 15 is 0 Å². The standard InChI is InChI=1S/C13H17.W/c1-7-6-12-8(2)10(4)13(7)11(5)9(12)3;/h12-13H,1-5H3;/q-1;. The van der Waals surface area contributed by atoms with Crippen molar-refractivity contribution in [3.05, 3.63) is 33.9 Å². The third-order valence-electron chi connectivity index (χ3n) is 3.78. The van der Waals surface area contributed by atoms with Crippen LogP contribution in [0, 0.1) is 17.9 Å². The first kappa shape index (κ1) is 12.0. The van der Waals surface area contributed by atoms with Crippen LogP contribution in [-0.2, 0) is 21.1 Å². The Bertz CT molecular complexity index is 329. The van der Waals surface area contributed by atoms with Crippen LogP contribution in [0.1, 0.15) is 34.6 Å². The predicted octanol–water partition coefficient (Wildman–Crippen LogP) is 3.67. The van der Waals surface area contributed by atoms with Crippen LogP contribution in [0.25, 0.3) is 0 Å². The Morgan fingerprint density at radius 1 is 0.786 bits per heavy atom. The van der Waals surface area contributed by atoms with Gasteiger partial charge in [0.25, 0.3) is 0 Å². The third-order valence-corrected chi connectivity index (χ3v) is 3.78. The second-order valence-electron chi connectivity index (χ2n) is 4.43. The minimum atomic E-state index is 0. The van der Waals surface area contributed by atoms with E-state index in [0.717, 1.165) is 0 Å². The normalized spacial score (nSPS) is 30.5. The number of hydrogen-bond acceptors (Lipinski definition) is 0. The SMILES string of the molecule is CC1=[C-]C2C(C)=C(C)C1C(C)=C2C.[W]. The van der Waals surface area contributed by atoms with Crippen LogP contribution in [0.3, 0.4) is 0 Å². The summed E-state index contributed by atoms with van der Waals surface area (Å²) in [7, 11) is 0. The van der Waals surface area contributed by atoms with Crippen molar-refractivity contribution in [3.8, 4) is 0 Å². The molecule has 0 aliphatic heterocycles. The Hall–Kier alpha value is -0.0917. The molecule has 0 saturated heterocycles. The molecule has 0 atom stereocenters. The van der Waals surface area contributed by atoms with Gasteiger partial charge in [0.05, 0.1) is 0 Å². The monoisotopic (exact) mass is 357 g/mol. The molecule has 0 spiro atoms. The molecule has 14 heavy (non-hydrogen) atoms. The quantitative estimate of drug-likeness (QED) is 0.459. The Kier molecular flexibility index (Phi) is 3.26. The van der Waals surface area contributed by atoms with Crippen molar-refractivity contribution < 1.29 is 21.1 Å². The van der Waals surface area contributed by atoms with E-state index in [-0.39, 0.29) is 21.1 Å². The van der Waals surface area contributed by atoms with Gasteiger partial charge in [0.2, 0.25) is 0 Å². The van der Waals surface area contributed by atoms with Gasteiger partial charge in [-0.25, -0.2) is 5.57 Å². The Morgan fingerprint density at radius 3 is 1.57 bits per heavy atom. The van der Waals surface area contributed by atoms with Crippen LogP contribution >= 0.6 is 0 Å². The summed E-state index contributed by atoms with van der Waals surface area (Å²) in [5.74, 6) is 1.06. The molecule has 0 fully saturated rings. The second kappa shape index (κ2) is 3.81. The summed E-state index contributed by atoms with van der Waals surface area (Å²) in [4.78, 5) is 0. The van der Waals surface area contributed by atoms with Crippen molar-refractivity contribution in [2.45, 2.75) is 34.6 Å². The smallest absolute Gasteiger partial charge is 0 e. The first-order valence-electron chi connectivity index (χ1n) is 4.98. The van der Waals surface area contributed by atoms with Gasteiger partial charge in [-0.2, -0.15) is 0 Å². The fourth-order valence-electron chi connectivity index (χ4n) is 2.74. The molecule has 0 heterocycles. The predicted molar refractivity (Wildman–Crippen MR) is 56.2 cm³/mol. The molecular weight excluding hydrogens is 340 g/mol. The van der Waals surface area contributed by atoms with Gasteiger partial charge in [0, 0.05) is 21.1 Å². The Morgan fingerprint density at radius 2 is 1.21 bits per heavy atom. The zero-order valence-electron chi connectivity index (χ0n) is 9.56. The van der Waals surface area contributed by atoms with Gasteiger partial charge in [-0.05, 0) is 33.6 Å². The molecule has 0 aromatic carbocycles. The average molecular weight is 357 g/mol. The molecule has 3 rings (SSSR count). The number of rotatable bonds is 0. The van der Waals surface area contributed by atoms with Crippen LogP contribution in [0.4, 0.5) is 0 Å². The molecule has 0 aromatic heterocycles. The van der Waals surface area contributed by atoms with E-state index in [0.29, 0.717) is 11.8 Å². The van der Waals surface area contributed by atoms with E-state index in [4.69, 9.17) is 0 Å². The van der Waals surface area contributed by atoms with Gasteiger partial charge < -0.3 is 6.08 Å². The molecular formula is C13H17W-. The average Bonchev–Trinajstić information content (AvgIpc) is 2.07. The molecule has 3 aliphatic rings. The molecule has 0 amide bonds. The van der Waals surface area contributed by atoms with E-state index in [9.17, 15) is 0 Å². The van der Waals surface area contributed by atoms with E-state index in [1.165, 1.54) is 16.7 Å². The summed E-state index contributed by atoms with van der Waals surface area (Å²) in [6, 6.07) is 0. The summed E-state index contributed by atoms with van der Waals surface area (Å²) in [6.45, 7) is 11.3. The first-order valence-corrected chi connectivity index (χ1v) is 4.98. The van der Waals surface area contributed by atoms with Gasteiger partial charge >= 0.3 is 0 Å². The topological polar surface area (TPSA) is 0 Å². The first-order chi connectivity index (χ1) is 6.04. The van der Waals surface area contributed by atoms with E-state index in [2.05, 4.69) is 40.7 Å². The largest absolute Gasteiger partial charge is 0.485 e. The Balaban J connectivity index is 0.000000980. The van der Waals surface area contributed by atoms with E-state index in [1.807, 2.05) is 0 Å². The van der Waals surface area contributed by atoms with Gasteiger partial charge in [0.1, 0.15) is 0 Å². The summed E-state index contributed by atoms with van der Waals surface area (Å²) >= 11 is 0. The molecule has 0 aromatic rings. The molecule has 0 N–H and O–H groups in total. The minimum absolute atomic E-state index is 0. The van der Waals surface area contributed by atoms with E-state index < -0.39 is 0 Å². The van der Waals surface area contributed by atoms with Gasteiger partial charge in [-0.15, -0.1) is 5.92 Å². The van der Waals surface area contributed by atoms with Crippen LogP contribution in [0.2, 0.25) is 0 Å². The van der Waals surface area contributed by atoms with Crippen LogP contribution < -0.4 is 0 Å². The molecule has 0 saturated carbocycles. The summed E-state index contributed by atoms with van der Waals surface area (Å²) in [5, 5.41) is 0.